The first-order valence-electron chi connectivity index (χ1n) is 6.96. The van der Waals surface area contributed by atoms with E-state index in [9.17, 15) is 4.21 Å². The van der Waals surface area contributed by atoms with Crippen LogP contribution in [0.2, 0.25) is 0 Å². The van der Waals surface area contributed by atoms with Gasteiger partial charge in [0.25, 0.3) is 0 Å². The zero-order valence-corrected chi connectivity index (χ0v) is 15.1. The number of hydrogen-bond acceptors (Lipinski definition) is 4. The van der Waals surface area contributed by atoms with Crippen LogP contribution in [0.4, 0.5) is 5.69 Å². The van der Waals surface area contributed by atoms with E-state index < -0.39 is 11.1 Å². The van der Waals surface area contributed by atoms with E-state index in [0.717, 1.165) is 11.3 Å². The maximum absolute atomic E-state index is 11.2. The number of methoxy groups -OCH3 is 1. The second kappa shape index (κ2) is 7.47. The molecule has 0 amide bonds. The fourth-order valence-corrected chi connectivity index (χ4v) is 2.23. The van der Waals surface area contributed by atoms with Crippen LogP contribution in [0.25, 0.3) is 0 Å². The Morgan fingerprint density at radius 3 is 1.95 bits per heavy atom. The van der Waals surface area contributed by atoms with Crippen LogP contribution in [0.5, 0.6) is 5.75 Å². The molecule has 128 valence electrons. The molecule has 1 aromatic carbocycles. The van der Waals surface area contributed by atoms with Crippen molar-refractivity contribution >= 4 is 16.8 Å². The van der Waals surface area contributed by atoms with Crippen LogP contribution >= 0.6 is 0 Å². The third kappa shape index (κ3) is 5.29. The summed E-state index contributed by atoms with van der Waals surface area (Å²) < 4.78 is 21.8. The molecule has 0 spiro atoms. The monoisotopic (exact) mass is 329 g/mol. The second-order valence-corrected chi connectivity index (χ2v) is 8.16. The van der Waals surface area contributed by atoms with Gasteiger partial charge >= 0.3 is 0 Å². The van der Waals surface area contributed by atoms with E-state index in [4.69, 9.17) is 9.02 Å². The van der Waals surface area contributed by atoms with Crippen molar-refractivity contribution in [3.05, 3.63) is 23.3 Å². The second-order valence-electron chi connectivity index (χ2n) is 7.19. The SMILES string of the molecule is C.COc1c(NOS(C)=O)cc(C(C)(C)C)cc1C(C)(C)C. The largest absolute Gasteiger partial charge is 0.494 e. The summed E-state index contributed by atoms with van der Waals surface area (Å²) >= 11 is -1.40. The molecule has 0 fully saturated rings. The molecule has 0 aromatic heterocycles. The van der Waals surface area contributed by atoms with Gasteiger partial charge in [0.15, 0.2) is 11.1 Å². The van der Waals surface area contributed by atoms with Crippen molar-refractivity contribution in [3.8, 4) is 5.75 Å². The average Bonchev–Trinajstić information content (AvgIpc) is 2.32. The fourth-order valence-electron chi connectivity index (χ4n) is 2.02. The predicted molar refractivity (Wildman–Crippen MR) is 95.9 cm³/mol. The molecular weight excluding hydrogens is 298 g/mol. The first-order valence-corrected chi connectivity index (χ1v) is 8.45. The van der Waals surface area contributed by atoms with Gasteiger partial charge in [-0.05, 0) is 22.5 Å². The Bertz CT molecular complexity index is 528. The number of rotatable bonds is 4. The van der Waals surface area contributed by atoms with Crippen LogP contribution in [0, 0.1) is 0 Å². The summed E-state index contributed by atoms with van der Waals surface area (Å²) in [7, 11) is 1.63. The van der Waals surface area contributed by atoms with Crippen molar-refractivity contribution in [2.75, 3.05) is 18.8 Å². The van der Waals surface area contributed by atoms with Gasteiger partial charge in [0.1, 0.15) is 11.4 Å². The summed E-state index contributed by atoms with van der Waals surface area (Å²) in [5.41, 5.74) is 5.64. The lowest BCUT2D eigenvalue weighted by Gasteiger charge is -2.28. The quantitative estimate of drug-likeness (QED) is 0.822. The topological polar surface area (TPSA) is 47.6 Å². The summed E-state index contributed by atoms with van der Waals surface area (Å²) in [6, 6.07) is 4.16. The molecular formula is C17H31NO3S. The number of ether oxygens (including phenoxy) is 1. The molecule has 1 atom stereocenters. The number of hydrogen-bond donors (Lipinski definition) is 1. The number of anilines is 1. The maximum atomic E-state index is 11.2. The molecule has 0 radical (unpaired) electrons. The van der Waals surface area contributed by atoms with Gasteiger partial charge in [0.05, 0.1) is 7.11 Å². The minimum absolute atomic E-state index is 0. The highest BCUT2D eigenvalue weighted by molar-refractivity contribution is 7.79. The summed E-state index contributed by atoms with van der Waals surface area (Å²) in [4.78, 5) is 0. The summed E-state index contributed by atoms with van der Waals surface area (Å²) in [5, 5.41) is 0. The van der Waals surface area contributed by atoms with Crippen molar-refractivity contribution in [2.24, 2.45) is 0 Å². The third-order valence-electron chi connectivity index (χ3n) is 3.24. The highest BCUT2D eigenvalue weighted by Gasteiger charge is 2.26. The summed E-state index contributed by atoms with van der Waals surface area (Å²) in [6.07, 6.45) is 1.47. The van der Waals surface area contributed by atoms with Crippen LogP contribution in [-0.4, -0.2) is 17.6 Å². The van der Waals surface area contributed by atoms with E-state index in [0.29, 0.717) is 5.69 Å². The Morgan fingerprint density at radius 2 is 1.59 bits per heavy atom. The average molecular weight is 330 g/mol. The molecule has 5 heteroatoms. The first-order chi connectivity index (χ1) is 9.46. The van der Waals surface area contributed by atoms with E-state index in [1.54, 1.807) is 7.11 Å². The minimum Gasteiger partial charge on any atom is -0.494 e. The molecule has 0 saturated carbocycles. The molecule has 0 heterocycles. The first kappa shape index (κ1) is 20.9. The molecule has 22 heavy (non-hydrogen) atoms. The van der Waals surface area contributed by atoms with Gasteiger partial charge in [0.2, 0.25) is 0 Å². The van der Waals surface area contributed by atoms with Gasteiger partial charge in [-0.25, -0.2) is 9.69 Å². The van der Waals surface area contributed by atoms with Crippen LogP contribution < -0.4 is 10.2 Å². The van der Waals surface area contributed by atoms with Crippen LogP contribution in [0.3, 0.4) is 0 Å². The lowest BCUT2D eigenvalue weighted by molar-refractivity contribution is 0.387. The smallest absolute Gasteiger partial charge is 0.176 e. The molecule has 1 aromatic rings. The normalized spacial score (nSPS) is 13.3. The Labute approximate surface area is 138 Å². The lowest BCUT2D eigenvalue weighted by atomic mass is 9.80. The van der Waals surface area contributed by atoms with Gasteiger partial charge in [-0.1, -0.05) is 55.0 Å². The molecule has 4 nitrogen and oxygen atoms in total. The predicted octanol–water partition coefficient (Wildman–Crippen LogP) is 4.56. The van der Waals surface area contributed by atoms with Crippen molar-refractivity contribution in [3.63, 3.8) is 0 Å². The van der Waals surface area contributed by atoms with Crippen LogP contribution in [0.1, 0.15) is 60.1 Å². The van der Waals surface area contributed by atoms with Gasteiger partial charge in [-0.2, -0.15) is 4.28 Å². The van der Waals surface area contributed by atoms with E-state index in [1.165, 1.54) is 11.8 Å². The molecule has 1 N–H and O–H groups in total. The number of benzene rings is 1. The highest BCUT2D eigenvalue weighted by atomic mass is 32.2. The van der Waals surface area contributed by atoms with Crippen molar-refractivity contribution < 1.29 is 13.2 Å². The van der Waals surface area contributed by atoms with E-state index in [2.05, 4.69) is 53.1 Å². The Kier molecular flexibility index (Phi) is 7.10. The van der Waals surface area contributed by atoms with Crippen molar-refractivity contribution in [1.82, 2.24) is 0 Å². The van der Waals surface area contributed by atoms with Gasteiger partial charge in [0, 0.05) is 11.8 Å². The standard InChI is InChI=1S/C16H27NO3S.CH4/c1-15(2,3)11-9-12(16(4,5)6)14(19-7)13(10-11)17-20-21(8)18;/h9-10,17H,1-8H3;1H4. The lowest BCUT2D eigenvalue weighted by Crippen LogP contribution is -2.19. The minimum atomic E-state index is -1.40. The van der Waals surface area contributed by atoms with E-state index >= 15 is 0 Å². The molecule has 1 unspecified atom stereocenters. The third-order valence-corrected chi connectivity index (χ3v) is 3.55. The van der Waals surface area contributed by atoms with Crippen LogP contribution in [-0.2, 0) is 26.2 Å². The molecule has 1 rings (SSSR count). The van der Waals surface area contributed by atoms with Gasteiger partial charge in [-0.3, -0.25) is 0 Å². The van der Waals surface area contributed by atoms with Crippen molar-refractivity contribution in [2.45, 2.75) is 59.8 Å². The Hall–Kier alpha value is -1.07. The Morgan fingerprint density at radius 1 is 1.05 bits per heavy atom. The molecule has 0 aliphatic carbocycles. The highest BCUT2D eigenvalue weighted by Crippen LogP contribution is 2.40. The van der Waals surface area contributed by atoms with Crippen molar-refractivity contribution in [1.29, 1.82) is 0 Å². The Balaban J connectivity index is 0.00000441. The fraction of sp³-hybridized carbons (Fsp3) is 0.647. The zero-order chi connectivity index (χ0) is 16.4. The van der Waals surface area contributed by atoms with E-state index in [1.807, 2.05) is 6.07 Å². The maximum Gasteiger partial charge on any atom is 0.176 e. The van der Waals surface area contributed by atoms with E-state index in [-0.39, 0.29) is 18.3 Å². The van der Waals surface area contributed by atoms with Crippen LogP contribution in [0.15, 0.2) is 12.1 Å². The molecule has 0 saturated heterocycles. The summed E-state index contributed by atoms with van der Waals surface area (Å²) in [6.45, 7) is 12.9. The zero-order valence-electron chi connectivity index (χ0n) is 14.3. The number of nitrogens with one attached hydrogen (secondary N) is 1. The van der Waals surface area contributed by atoms with Gasteiger partial charge in [-0.15, -0.1) is 0 Å². The summed E-state index contributed by atoms with van der Waals surface area (Å²) in [5.74, 6) is 0.723. The molecule has 0 bridgehead atoms. The molecule has 0 aliphatic rings. The van der Waals surface area contributed by atoms with Gasteiger partial charge < -0.3 is 4.74 Å². The molecule has 0 aliphatic heterocycles.